The van der Waals surface area contributed by atoms with Gasteiger partial charge in [-0.05, 0) is 26.3 Å². The maximum absolute atomic E-state index is 10.4. The molecule has 0 amide bonds. The first-order valence-corrected chi connectivity index (χ1v) is 6.71. The van der Waals surface area contributed by atoms with E-state index in [1.165, 1.54) is 0 Å². The standard InChI is InChI=1S/C13H19ClN4O/c1-5-18-13(11(14)7-15-18)12(19)6-10-8(2)16-17(4)9(10)3/h7,12,19H,5-6H2,1-4H3. The number of aromatic nitrogens is 4. The minimum absolute atomic E-state index is 0.497. The van der Waals surface area contributed by atoms with Crippen molar-refractivity contribution in [3.8, 4) is 0 Å². The molecule has 1 N–H and O–H groups in total. The average Bonchev–Trinajstić information content (AvgIpc) is 2.85. The Morgan fingerprint density at radius 1 is 1.42 bits per heavy atom. The summed E-state index contributed by atoms with van der Waals surface area (Å²) in [4.78, 5) is 0. The molecule has 0 aromatic carbocycles. The summed E-state index contributed by atoms with van der Waals surface area (Å²) in [5.41, 5.74) is 3.75. The van der Waals surface area contributed by atoms with E-state index in [2.05, 4.69) is 10.2 Å². The van der Waals surface area contributed by atoms with E-state index >= 15 is 0 Å². The second kappa shape index (κ2) is 5.35. The first-order chi connectivity index (χ1) is 8.95. The van der Waals surface area contributed by atoms with E-state index in [9.17, 15) is 5.11 Å². The number of aliphatic hydroxyl groups is 1. The van der Waals surface area contributed by atoms with Gasteiger partial charge < -0.3 is 5.11 Å². The van der Waals surface area contributed by atoms with Gasteiger partial charge >= 0.3 is 0 Å². The Morgan fingerprint density at radius 2 is 2.11 bits per heavy atom. The van der Waals surface area contributed by atoms with E-state index in [1.54, 1.807) is 10.9 Å². The van der Waals surface area contributed by atoms with E-state index in [1.807, 2.05) is 32.5 Å². The molecule has 19 heavy (non-hydrogen) atoms. The highest BCUT2D eigenvalue weighted by molar-refractivity contribution is 6.31. The third-order valence-corrected chi connectivity index (χ3v) is 3.80. The predicted molar refractivity (Wildman–Crippen MR) is 74.3 cm³/mol. The van der Waals surface area contributed by atoms with Crippen LogP contribution in [0.3, 0.4) is 0 Å². The normalized spacial score (nSPS) is 12.9. The minimum Gasteiger partial charge on any atom is -0.386 e. The zero-order valence-corrected chi connectivity index (χ0v) is 12.4. The van der Waals surface area contributed by atoms with Crippen molar-refractivity contribution in [2.75, 3.05) is 0 Å². The summed E-state index contributed by atoms with van der Waals surface area (Å²) < 4.78 is 3.56. The van der Waals surface area contributed by atoms with Crippen LogP contribution in [-0.4, -0.2) is 24.7 Å². The zero-order chi connectivity index (χ0) is 14.2. The summed E-state index contributed by atoms with van der Waals surface area (Å²) in [6, 6.07) is 0. The molecule has 0 bridgehead atoms. The van der Waals surface area contributed by atoms with Crippen molar-refractivity contribution in [1.29, 1.82) is 0 Å². The van der Waals surface area contributed by atoms with Crippen molar-refractivity contribution in [2.24, 2.45) is 7.05 Å². The van der Waals surface area contributed by atoms with E-state index in [4.69, 9.17) is 11.6 Å². The predicted octanol–water partition coefficient (Wildman–Crippen LogP) is 2.18. The molecule has 0 fully saturated rings. The third kappa shape index (κ3) is 2.53. The Hall–Kier alpha value is -1.33. The van der Waals surface area contributed by atoms with Gasteiger partial charge in [-0.1, -0.05) is 11.6 Å². The van der Waals surface area contributed by atoms with E-state index in [-0.39, 0.29) is 0 Å². The van der Waals surface area contributed by atoms with Crippen LogP contribution in [0.1, 0.15) is 35.7 Å². The van der Waals surface area contributed by atoms with Gasteiger partial charge in [0, 0.05) is 25.7 Å². The molecule has 0 aliphatic heterocycles. The Bertz CT molecular complexity index is 588. The summed E-state index contributed by atoms with van der Waals surface area (Å²) >= 11 is 6.11. The van der Waals surface area contributed by atoms with Crippen molar-refractivity contribution in [2.45, 2.75) is 39.8 Å². The highest BCUT2D eigenvalue weighted by atomic mass is 35.5. The van der Waals surface area contributed by atoms with Gasteiger partial charge in [0.1, 0.15) is 6.10 Å². The minimum atomic E-state index is -0.670. The third-order valence-electron chi connectivity index (χ3n) is 3.50. The second-order valence-corrected chi connectivity index (χ2v) is 5.09. The van der Waals surface area contributed by atoms with Gasteiger partial charge in [-0.3, -0.25) is 9.36 Å². The summed E-state index contributed by atoms with van der Waals surface area (Å²) in [5, 5.41) is 19.5. The Balaban J connectivity index is 2.30. The lowest BCUT2D eigenvalue weighted by molar-refractivity contribution is 0.167. The number of aliphatic hydroxyl groups excluding tert-OH is 1. The first-order valence-electron chi connectivity index (χ1n) is 6.34. The number of hydrogen-bond donors (Lipinski definition) is 1. The molecule has 104 valence electrons. The Labute approximate surface area is 117 Å². The van der Waals surface area contributed by atoms with E-state index in [0.717, 1.165) is 17.0 Å². The molecule has 1 atom stereocenters. The smallest absolute Gasteiger partial charge is 0.101 e. The van der Waals surface area contributed by atoms with Gasteiger partial charge in [0.05, 0.1) is 22.6 Å². The van der Waals surface area contributed by atoms with E-state index < -0.39 is 6.10 Å². The topological polar surface area (TPSA) is 55.9 Å². The van der Waals surface area contributed by atoms with Crippen molar-refractivity contribution < 1.29 is 5.11 Å². The van der Waals surface area contributed by atoms with Crippen LogP contribution in [-0.2, 0) is 20.0 Å². The molecule has 0 saturated heterocycles. The van der Waals surface area contributed by atoms with Crippen molar-refractivity contribution in [3.05, 3.63) is 33.9 Å². The molecule has 0 radical (unpaired) electrons. The number of hydrogen-bond acceptors (Lipinski definition) is 3. The molecule has 2 rings (SSSR count). The molecule has 0 spiro atoms. The van der Waals surface area contributed by atoms with Crippen molar-refractivity contribution in [1.82, 2.24) is 19.6 Å². The number of aryl methyl sites for hydroxylation is 3. The highest BCUT2D eigenvalue weighted by Gasteiger charge is 2.21. The van der Waals surface area contributed by atoms with Gasteiger partial charge in [-0.25, -0.2) is 0 Å². The maximum Gasteiger partial charge on any atom is 0.101 e. The lowest BCUT2D eigenvalue weighted by atomic mass is 10.0. The second-order valence-electron chi connectivity index (χ2n) is 4.69. The monoisotopic (exact) mass is 282 g/mol. The number of halogens is 1. The largest absolute Gasteiger partial charge is 0.386 e. The molecule has 0 aliphatic rings. The van der Waals surface area contributed by atoms with E-state index in [0.29, 0.717) is 23.7 Å². The Kier molecular flexibility index (Phi) is 3.96. The van der Waals surface area contributed by atoms with Crippen LogP contribution < -0.4 is 0 Å². The molecule has 1 unspecified atom stereocenters. The lowest BCUT2D eigenvalue weighted by Crippen LogP contribution is -2.11. The van der Waals surface area contributed by atoms with Crippen molar-refractivity contribution in [3.63, 3.8) is 0 Å². The van der Waals surface area contributed by atoms with Gasteiger partial charge in [0.25, 0.3) is 0 Å². The van der Waals surface area contributed by atoms with Crippen LogP contribution in [0.5, 0.6) is 0 Å². The fraction of sp³-hybridized carbons (Fsp3) is 0.538. The summed E-state index contributed by atoms with van der Waals surface area (Å²) in [6.45, 7) is 6.61. The van der Waals surface area contributed by atoms with Gasteiger partial charge in [0.15, 0.2) is 0 Å². The van der Waals surface area contributed by atoms with Gasteiger partial charge in [-0.2, -0.15) is 10.2 Å². The molecule has 5 nitrogen and oxygen atoms in total. The highest BCUT2D eigenvalue weighted by Crippen LogP contribution is 2.27. The van der Waals surface area contributed by atoms with Crippen LogP contribution in [0.2, 0.25) is 5.02 Å². The average molecular weight is 283 g/mol. The van der Waals surface area contributed by atoms with Gasteiger partial charge in [0.2, 0.25) is 0 Å². The SMILES string of the molecule is CCn1ncc(Cl)c1C(O)Cc1c(C)nn(C)c1C. The van der Waals surface area contributed by atoms with Crippen LogP contribution in [0.25, 0.3) is 0 Å². The Morgan fingerprint density at radius 3 is 2.63 bits per heavy atom. The molecule has 2 heterocycles. The van der Waals surface area contributed by atoms with Crippen LogP contribution in [0.4, 0.5) is 0 Å². The number of nitrogens with zero attached hydrogens (tertiary/aromatic N) is 4. The summed E-state index contributed by atoms with van der Waals surface area (Å²) in [6.07, 6.45) is 1.40. The lowest BCUT2D eigenvalue weighted by Gasteiger charge is -2.13. The maximum atomic E-state index is 10.4. The van der Waals surface area contributed by atoms with Gasteiger partial charge in [-0.15, -0.1) is 0 Å². The fourth-order valence-corrected chi connectivity index (χ4v) is 2.63. The molecule has 2 aromatic rings. The molecular formula is C13H19ClN4O. The summed E-state index contributed by atoms with van der Waals surface area (Å²) in [5.74, 6) is 0. The van der Waals surface area contributed by atoms with Crippen LogP contribution >= 0.6 is 11.6 Å². The molecule has 0 aliphatic carbocycles. The quantitative estimate of drug-likeness (QED) is 0.935. The molecular weight excluding hydrogens is 264 g/mol. The van der Waals surface area contributed by atoms with Crippen LogP contribution in [0.15, 0.2) is 6.20 Å². The fourth-order valence-electron chi connectivity index (χ4n) is 2.36. The summed E-state index contributed by atoms with van der Waals surface area (Å²) in [7, 11) is 1.90. The molecule has 2 aromatic heterocycles. The molecule has 6 heteroatoms. The van der Waals surface area contributed by atoms with Crippen LogP contribution in [0, 0.1) is 13.8 Å². The molecule has 0 saturated carbocycles. The first kappa shape index (κ1) is 14.1. The van der Waals surface area contributed by atoms with Crippen molar-refractivity contribution >= 4 is 11.6 Å². The zero-order valence-electron chi connectivity index (χ0n) is 11.7. The number of rotatable bonds is 4.